The number of pyridine rings is 1. The van der Waals surface area contributed by atoms with Gasteiger partial charge < -0.3 is 15.0 Å². The van der Waals surface area contributed by atoms with Gasteiger partial charge in [-0.2, -0.15) is 0 Å². The lowest BCUT2D eigenvalue weighted by Crippen LogP contribution is -2.50. The lowest BCUT2D eigenvalue weighted by atomic mass is 10.2. The van der Waals surface area contributed by atoms with Crippen LogP contribution >= 0.6 is 12.2 Å². The largest absolute Gasteiger partial charge is 0.465 e. The highest BCUT2D eigenvalue weighted by atomic mass is 32.1. The van der Waals surface area contributed by atoms with E-state index in [0.29, 0.717) is 5.56 Å². The maximum Gasteiger partial charge on any atom is 0.337 e. The number of thiocarbonyl (C=S) groups is 1. The topological polar surface area (TPSA) is 57.7 Å². The summed E-state index contributed by atoms with van der Waals surface area (Å²) in [5, 5.41) is 3.97. The third-order valence-electron chi connectivity index (χ3n) is 4.68. The molecule has 0 amide bonds. The van der Waals surface area contributed by atoms with E-state index in [9.17, 15) is 4.79 Å². The molecule has 3 rings (SSSR count). The monoisotopic (exact) mass is 384 g/mol. The summed E-state index contributed by atoms with van der Waals surface area (Å²) in [7, 11) is 1.38. The summed E-state index contributed by atoms with van der Waals surface area (Å²) in [5.74, 6) is -0.341. The minimum Gasteiger partial charge on any atom is -0.465 e. The maximum atomic E-state index is 11.5. The van der Waals surface area contributed by atoms with Gasteiger partial charge in [0, 0.05) is 50.8 Å². The number of hydrogen-bond donors (Lipinski definition) is 1. The third-order valence-corrected chi connectivity index (χ3v) is 5.04. The number of methoxy groups -OCH3 is 1. The first-order chi connectivity index (χ1) is 13.2. The van der Waals surface area contributed by atoms with E-state index in [1.807, 2.05) is 24.5 Å². The molecule has 142 valence electrons. The zero-order valence-electron chi connectivity index (χ0n) is 15.4. The van der Waals surface area contributed by atoms with Gasteiger partial charge in [-0.3, -0.25) is 9.88 Å². The van der Waals surface area contributed by atoms with Crippen molar-refractivity contribution in [2.45, 2.75) is 6.42 Å². The van der Waals surface area contributed by atoms with Crippen molar-refractivity contribution in [3.05, 3.63) is 59.9 Å². The highest BCUT2D eigenvalue weighted by molar-refractivity contribution is 7.80. The normalized spacial score (nSPS) is 14.6. The van der Waals surface area contributed by atoms with Gasteiger partial charge in [0.25, 0.3) is 0 Å². The van der Waals surface area contributed by atoms with E-state index in [-0.39, 0.29) is 5.97 Å². The van der Waals surface area contributed by atoms with Crippen molar-refractivity contribution in [2.75, 3.05) is 45.2 Å². The van der Waals surface area contributed by atoms with Gasteiger partial charge in [-0.25, -0.2) is 4.79 Å². The molecule has 6 nitrogen and oxygen atoms in total. The first kappa shape index (κ1) is 19.3. The second kappa shape index (κ2) is 9.43. The van der Waals surface area contributed by atoms with Crippen LogP contribution in [0.15, 0.2) is 48.8 Å². The van der Waals surface area contributed by atoms with E-state index < -0.39 is 0 Å². The molecular weight excluding hydrogens is 360 g/mol. The number of carbonyl (C=O) groups is 1. The van der Waals surface area contributed by atoms with E-state index in [2.05, 4.69) is 32.2 Å². The van der Waals surface area contributed by atoms with Crippen LogP contribution in [0.5, 0.6) is 0 Å². The van der Waals surface area contributed by atoms with Crippen molar-refractivity contribution >= 4 is 29.0 Å². The van der Waals surface area contributed by atoms with E-state index in [1.54, 1.807) is 12.1 Å². The van der Waals surface area contributed by atoms with Gasteiger partial charge in [-0.15, -0.1) is 0 Å². The summed E-state index contributed by atoms with van der Waals surface area (Å²) in [6, 6.07) is 11.3. The van der Waals surface area contributed by atoms with Crippen molar-refractivity contribution in [1.29, 1.82) is 0 Å². The molecule has 1 aliphatic heterocycles. The van der Waals surface area contributed by atoms with E-state index in [4.69, 9.17) is 17.0 Å². The maximum absolute atomic E-state index is 11.5. The van der Waals surface area contributed by atoms with Crippen molar-refractivity contribution < 1.29 is 9.53 Å². The molecule has 2 aromatic rings. The van der Waals surface area contributed by atoms with Gasteiger partial charge in [0.1, 0.15) is 0 Å². The molecule has 0 atom stereocenters. The van der Waals surface area contributed by atoms with E-state index in [0.717, 1.165) is 49.9 Å². The molecule has 0 aliphatic carbocycles. The predicted octanol–water partition coefficient (Wildman–Crippen LogP) is 2.43. The summed E-state index contributed by atoms with van der Waals surface area (Å²) in [6.07, 6.45) is 4.72. The van der Waals surface area contributed by atoms with Gasteiger partial charge in [-0.1, -0.05) is 0 Å². The molecule has 0 radical (unpaired) electrons. The minimum atomic E-state index is -0.341. The molecule has 1 aliphatic rings. The molecule has 1 aromatic heterocycles. The van der Waals surface area contributed by atoms with Crippen LogP contribution in [0.2, 0.25) is 0 Å². The number of anilines is 1. The second-order valence-electron chi connectivity index (χ2n) is 6.43. The Morgan fingerprint density at radius 2 is 1.78 bits per heavy atom. The summed E-state index contributed by atoms with van der Waals surface area (Å²) in [4.78, 5) is 20.2. The van der Waals surface area contributed by atoms with Crippen molar-refractivity contribution in [3.63, 3.8) is 0 Å². The second-order valence-corrected chi connectivity index (χ2v) is 6.82. The van der Waals surface area contributed by atoms with Crippen molar-refractivity contribution in [1.82, 2.24) is 14.8 Å². The summed E-state index contributed by atoms with van der Waals surface area (Å²) < 4.78 is 4.71. The lowest BCUT2D eigenvalue weighted by Gasteiger charge is -2.36. The number of aromatic nitrogens is 1. The third kappa shape index (κ3) is 5.48. The number of hydrogen-bond acceptors (Lipinski definition) is 5. The molecule has 27 heavy (non-hydrogen) atoms. The van der Waals surface area contributed by atoms with Crippen LogP contribution in [0.1, 0.15) is 15.9 Å². The Morgan fingerprint density at radius 1 is 1.11 bits per heavy atom. The van der Waals surface area contributed by atoms with Gasteiger partial charge in [0.05, 0.1) is 12.7 Å². The molecule has 1 N–H and O–H groups in total. The Balaban J connectivity index is 1.43. The Bertz CT molecular complexity index is 759. The molecule has 2 heterocycles. The van der Waals surface area contributed by atoms with E-state index in [1.165, 1.54) is 12.7 Å². The Labute approximate surface area is 165 Å². The van der Waals surface area contributed by atoms with E-state index >= 15 is 0 Å². The molecule has 1 aromatic carbocycles. The fraction of sp³-hybridized carbons (Fsp3) is 0.350. The Kier molecular flexibility index (Phi) is 6.73. The average Bonchev–Trinajstić information content (AvgIpc) is 2.73. The lowest BCUT2D eigenvalue weighted by molar-refractivity contribution is 0.0601. The SMILES string of the molecule is COC(=O)c1ccc(NC(=S)N2CCN(CCc3ccncc3)CC2)cc1. The zero-order valence-corrected chi connectivity index (χ0v) is 16.2. The summed E-state index contributed by atoms with van der Waals surface area (Å²) in [5.41, 5.74) is 2.71. The predicted molar refractivity (Wildman–Crippen MR) is 110 cm³/mol. The molecule has 0 saturated carbocycles. The van der Waals surface area contributed by atoms with Crippen LogP contribution in [0.4, 0.5) is 5.69 Å². The number of piperazine rings is 1. The number of nitrogens with zero attached hydrogens (tertiary/aromatic N) is 3. The smallest absolute Gasteiger partial charge is 0.337 e. The molecule has 0 unspecified atom stereocenters. The highest BCUT2D eigenvalue weighted by Gasteiger charge is 2.18. The number of nitrogens with one attached hydrogen (secondary N) is 1. The number of benzene rings is 1. The van der Waals surface area contributed by atoms with Crippen LogP contribution in [-0.4, -0.2) is 65.7 Å². The standard InChI is InChI=1S/C20H24N4O2S/c1-26-19(25)17-2-4-18(5-3-17)22-20(27)24-14-12-23(13-15-24)11-8-16-6-9-21-10-7-16/h2-7,9-10H,8,11-15H2,1H3,(H,22,27). The van der Waals surface area contributed by atoms with Crippen LogP contribution in [0.3, 0.4) is 0 Å². The highest BCUT2D eigenvalue weighted by Crippen LogP contribution is 2.13. The quantitative estimate of drug-likeness (QED) is 0.628. The number of rotatable bonds is 5. The fourth-order valence-electron chi connectivity index (χ4n) is 3.02. The van der Waals surface area contributed by atoms with Gasteiger partial charge >= 0.3 is 5.97 Å². The van der Waals surface area contributed by atoms with Crippen LogP contribution < -0.4 is 5.32 Å². The summed E-state index contributed by atoms with van der Waals surface area (Å²) >= 11 is 5.54. The van der Waals surface area contributed by atoms with Gasteiger partial charge in [0.15, 0.2) is 5.11 Å². The fourth-order valence-corrected chi connectivity index (χ4v) is 3.32. The van der Waals surface area contributed by atoms with Crippen LogP contribution in [-0.2, 0) is 11.2 Å². The van der Waals surface area contributed by atoms with Gasteiger partial charge in [-0.05, 0) is 60.6 Å². The zero-order chi connectivity index (χ0) is 19.1. The van der Waals surface area contributed by atoms with Crippen molar-refractivity contribution in [2.24, 2.45) is 0 Å². The first-order valence-corrected chi connectivity index (χ1v) is 9.42. The Morgan fingerprint density at radius 3 is 2.41 bits per heavy atom. The first-order valence-electron chi connectivity index (χ1n) is 9.01. The summed E-state index contributed by atoms with van der Waals surface area (Å²) in [6.45, 7) is 4.85. The van der Waals surface area contributed by atoms with Crippen LogP contribution in [0, 0.1) is 0 Å². The molecule has 1 saturated heterocycles. The number of carbonyl (C=O) groups excluding carboxylic acids is 1. The Hall–Kier alpha value is -2.51. The number of ether oxygens (including phenoxy) is 1. The number of esters is 1. The van der Waals surface area contributed by atoms with Crippen LogP contribution in [0.25, 0.3) is 0 Å². The molecular formula is C20H24N4O2S. The van der Waals surface area contributed by atoms with Crippen molar-refractivity contribution in [3.8, 4) is 0 Å². The molecule has 1 fully saturated rings. The molecule has 7 heteroatoms. The average molecular weight is 385 g/mol. The minimum absolute atomic E-state index is 0.341. The molecule has 0 bridgehead atoms. The molecule has 0 spiro atoms. The van der Waals surface area contributed by atoms with Gasteiger partial charge in [0.2, 0.25) is 0 Å².